The Morgan fingerprint density at radius 2 is 1.57 bits per heavy atom. The van der Waals surface area contributed by atoms with Gasteiger partial charge in [0, 0.05) is 5.88 Å². The van der Waals surface area contributed by atoms with Crippen LogP contribution in [0.1, 0.15) is 65.2 Å². The van der Waals surface area contributed by atoms with Gasteiger partial charge in [0.05, 0.1) is 0 Å². The molecule has 0 amide bonds. The molecule has 1 heteroatoms. The van der Waals surface area contributed by atoms with E-state index >= 15 is 0 Å². The third-order valence-electron chi connectivity index (χ3n) is 2.51. The predicted molar refractivity (Wildman–Crippen MR) is 67.1 cm³/mol. The second kappa shape index (κ2) is 11.1. The molecule has 0 spiro atoms. The first-order chi connectivity index (χ1) is 6.81. The van der Waals surface area contributed by atoms with Crippen LogP contribution >= 0.6 is 11.6 Å². The lowest BCUT2D eigenvalue weighted by atomic mass is 10.1. The molecule has 84 valence electrons. The summed E-state index contributed by atoms with van der Waals surface area (Å²) in [6, 6.07) is 0. The van der Waals surface area contributed by atoms with E-state index in [1.165, 1.54) is 56.9 Å². The van der Waals surface area contributed by atoms with Crippen molar-refractivity contribution < 1.29 is 0 Å². The van der Waals surface area contributed by atoms with Gasteiger partial charge >= 0.3 is 0 Å². The lowest BCUT2D eigenvalue weighted by Crippen LogP contribution is -1.81. The number of allylic oxidation sites excluding steroid dienone is 2. The molecule has 0 heterocycles. The molecule has 0 bridgehead atoms. The van der Waals surface area contributed by atoms with Crippen molar-refractivity contribution in [2.45, 2.75) is 65.2 Å². The van der Waals surface area contributed by atoms with E-state index in [9.17, 15) is 0 Å². The molecule has 0 aromatic heterocycles. The molecule has 0 rings (SSSR count). The summed E-state index contributed by atoms with van der Waals surface area (Å²) in [6.45, 7) is 4.37. The smallest absolute Gasteiger partial charge is 0.0430 e. The van der Waals surface area contributed by atoms with Crippen molar-refractivity contribution in [3.05, 3.63) is 11.6 Å². The van der Waals surface area contributed by atoms with Crippen LogP contribution in [0, 0.1) is 0 Å². The summed E-state index contributed by atoms with van der Waals surface area (Å²) >= 11 is 5.68. The SMILES string of the molecule is CCCCCCCCC/C=C(\C)CCl. The Labute approximate surface area is 94.7 Å². The number of halogens is 1. The van der Waals surface area contributed by atoms with Crippen molar-refractivity contribution in [2.24, 2.45) is 0 Å². The topological polar surface area (TPSA) is 0 Å². The number of unbranched alkanes of at least 4 members (excludes halogenated alkanes) is 7. The Morgan fingerprint density at radius 1 is 1.00 bits per heavy atom. The van der Waals surface area contributed by atoms with E-state index in [0.717, 1.165) is 0 Å². The summed E-state index contributed by atoms with van der Waals surface area (Å²) in [5.41, 5.74) is 1.32. The Kier molecular flexibility index (Phi) is 11.1. The molecule has 0 N–H and O–H groups in total. The van der Waals surface area contributed by atoms with Crippen molar-refractivity contribution in [3.63, 3.8) is 0 Å². The molecule has 0 radical (unpaired) electrons. The third kappa shape index (κ3) is 10.1. The maximum absolute atomic E-state index is 5.68. The zero-order valence-electron chi connectivity index (χ0n) is 9.82. The summed E-state index contributed by atoms with van der Waals surface area (Å²) in [4.78, 5) is 0. The second-order valence-corrected chi connectivity index (χ2v) is 4.36. The summed E-state index contributed by atoms with van der Waals surface area (Å²) in [5, 5.41) is 0. The molecule has 0 unspecified atom stereocenters. The van der Waals surface area contributed by atoms with Gasteiger partial charge in [0.2, 0.25) is 0 Å². The Morgan fingerprint density at radius 3 is 2.14 bits per heavy atom. The fraction of sp³-hybridized carbons (Fsp3) is 0.846. The van der Waals surface area contributed by atoms with Crippen LogP contribution < -0.4 is 0 Å². The van der Waals surface area contributed by atoms with Gasteiger partial charge in [-0.3, -0.25) is 0 Å². The Hall–Kier alpha value is 0.0300. The molecule has 0 fully saturated rings. The summed E-state index contributed by atoms with van der Waals surface area (Å²) in [7, 11) is 0. The Balaban J connectivity index is 3.06. The van der Waals surface area contributed by atoms with Crippen LogP contribution in [-0.4, -0.2) is 5.88 Å². The summed E-state index contributed by atoms with van der Waals surface area (Å²) in [5.74, 6) is 0.691. The highest BCUT2D eigenvalue weighted by Gasteiger charge is 1.90. The minimum absolute atomic E-state index is 0.691. The van der Waals surface area contributed by atoms with Gasteiger partial charge in [0.25, 0.3) is 0 Å². The standard InChI is InChI=1S/C13H25Cl/c1-3-4-5-6-7-8-9-10-11-13(2)12-14/h11H,3-10,12H2,1-2H3/b13-11+. The van der Waals surface area contributed by atoms with Gasteiger partial charge in [0.1, 0.15) is 0 Å². The minimum Gasteiger partial charge on any atom is -0.122 e. The van der Waals surface area contributed by atoms with E-state index < -0.39 is 0 Å². The fourth-order valence-corrected chi connectivity index (χ4v) is 1.61. The molecule has 0 aliphatic rings. The highest BCUT2D eigenvalue weighted by molar-refractivity contribution is 6.19. The van der Waals surface area contributed by atoms with Crippen LogP contribution in [-0.2, 0) is 0 Å². The fourth-order valence-electron chi connectivity index (χ4n) is 1.50. The minimum atomic E-state index is 0.691. The molecule has 0 nitrogen and oxygen atoms in total. The second-order valence-electron chi connectivity index (χ2n) is 4.09. The van der Waals surface area contributed by atoms with Crippen molar-refractivity contribution in [2.75, 3.05) is 5.88 Å². The van der Waals surface area contributed by atoms with Gasteiger partial charge < -0.3 is 0 Å². The molecule has 0 aliphatic carbocycles. The van der Waals surface area contributed by atoms with Gasteiger partial charge in [-0.2, -0.15) is 0 Å². The first kappa shape index (κ1) is 14.0. The first-order valence-electron chi connectivity index (χ1n) is 6.02. The highest BCUT2D eigenvalue weighted by atomic mass is 35.5. The lowest BCUT2D eigenvalue weighted by Gasteiger charge is -1.99. The number of hydrogen-bond donors (Lipinski definition) is 0. The van der Waals surface area contributed by atoms with E-state index in [4.69, 9.17) is 11.6 Å². The first-order valence-corrected chi connectivity index (χ1v) is 6.56. The predicted octanol–water partition coefficient (Wildman–Crippen LogP) is 5.31. The van der Waals surface area contributed by atoms with Crippen LogP contribution in [0.5, 0.6) is 0 Å². The van der Waals surface area contributed by atoms with Gasteiger partial charge in [-0.1, -0.05) is 57.1 Å². The van der Waals surface area contributed by atoms with E-state index in [2.05, 4.69) is 19.9 Å². The zero-order valence-corrected chi connectivity index (χ0v) is 10.6. The van der Waals surface area contributed by atoms with Gasteiger partial charge in [0.15, 0.2) is 0 Å². The van der Waals surface area contributed by atoms with Gasteiger partial charge in [-0.05, 0) is 19.8 Å². The molecular weight excluding hydrogens is 192 g/mol. The van der Waals surface area contributed by atoms with Crippen LogP contribution in [0.2, 0.25) is 0 Å². The number of alkyl halides is 1. The monoisotopic (exact) mass is 216 g/mol. The van der Waals surface area contributed by atoms with Gasteiger partial charge in [-0.25, -0.2) is 0 Å². The maximum Gasteiger partial charge on any atom is 0.0430 e. The average molecular weight is 217 g/mol. The van der Waals surface area contributed by atoms with Crippen molar-refractivity contribution in [1.82, 2.24) is 0 Å². The molecule has 0 saturated carbocycles. The van der Waals surface area contributed by atoms with E-state index in [0.29, 0.717) is 5.88 Å². The van der Waals surface area contributed by atoms with Crippen LogP contribution in [0.25, 0.3) is 0 Å². The molecule has 0 aliphatic heterocycles. The number of rotatable bonds is 9. The molecule has 0 aromatic carbocycles. The molecule has 14 heavy (non-hydrogen) atoms. The maximum atomic E-state index is 5.68. The van der Waals surface area contributed by atoms with Crippen LogP contribution in [0.15, 0.2) is 11.6 Å². The van der Waals surface area contributed by atoms with Gasteiger partial charge in [-0.15, -0.1) is 11.6 Å². The lowest BCUT2D eigenvalue weighted by molar-refractivity contribution is 0.592. The average Bonchev–Trinajstić information content (AvgIpc) is 2.21. The number of hydrogen-bond acceptors (Lipinski definition) is 0. The van der Waals surface area contributed by atoms with Crippen LogP contribution in [0.4, 0.5) is 0 Å². The van der Waals surface area contributed by atoms with Crippen molar-refractivity contribution in [1.29, 1.82) is 0 Å². The molecule has 0 atom stereocenters. The zero-order chi connectivity index (χ0) is 10.6. The van der Waals surface area contributed by atoms with Crippen LogP contribution in [0.3, 0.4) is 0 Å². The Bertz CT molecular complexity index is 138. The quantitative estimate of drug-likeness (QED) is 0.278. The van der Waals surface area contributed by atoms with E-state index in [1.807, 2.05) is 0 Å². The largest absolute Gasteiger partial charge is 0.122 e. The van der Waals surface area contributed by atoms with Crippen molar-refractivity contribution >= 4 is 11.6 Å². The molecular formula is C13H25Cl. The molecule has 0 aromatic rings. The summed E-state index contributed by atoms with van der Waals surface area (Å²) in [6.07, 6.45) is 13.2. The van der Waals surface area contributed by atoms with Crippen molar-refractivity contribution in [3.8, 4) is 0 Å². The summed E-state index contributed by atoms with van der Waals surface area (Å²) < 4.78 is 0. The molecule has 0 saturated heterocycles. The third-order valence-corrected chi connectivity index (χ3v) is 2.93. The van der Waals surface area contributed by atoms with E-state index in [1.54, 1.807) is 0 Å². The highest BCUT2D eigenvalue weighted by Crippen LogP contribution is 2.09. The van der Waals surface area contributed by atoms with E-state index in [-0.39, 0.29) is 0 Å². The normalized spacial score (nSPS) is 12.1.